The molecule has 6 heteroatoms. The molecule has 1 heterocycles. The molecule has 1 aromatic carbocycles. The monoisotopic (exact) mass is 332 g/mol. The molecule has 0 aliphatic rings. The van der Waals surface area contributed by atoms with Gasteiger partial charge in [0.1, 0.15) is 5.15 Å². The van der Waals surface area contributed by atoms with Crippen molar-refractivity contribution in [1.29, 1.82) is 0 Å². The summed E-state index contributed by atoms with van der Waals surface area (Å²) in [4.78, 5) is 27.5. The van der Waals surface area contributed by atoms with Crippen LogP contribution in [0.5, 0.6) is 0 Å². The number of nitrogens with zero attached hydrogens (tertiary/aromatic N) is 1. The number of ether oxygens (including phenoxy) is 1. The predicted molar refractivity (Wildman–Crippen MR) is 88.7 cm³/mol. The number of halogens is 1. The lowest BCUT2D eigenvalue weighted by atomic mass is 10.0. The molecule has 120 valence electrons. The summed E-state index contributed by atoms with van der Waals surface area (Å²) in [5.74, 6) is -0.746. The maximum Gasteiger partial charge on any atom is 0.340 e. The molecule has 0 radical (unpaired) electrons. The number of esters is 1. The van der Waals surface area contributed by atoms with Gasteiger partial charge >= 0.3 is 5.97 Å². The fourth-order valence-electron chi connectivity index (χ4n) is 2.01. The van der Waals surface area contributed by atoms with Crippen LogP contribution in [-0.2, 0) is 9.53 Å². The number of hydrogen-bond acceptors (Lipinski definition) is 4. The first kappa shape index (κ1) is 17.0. The second-order valence-electron chi connectivity index (χ2n) is 5.24. The van der Waals surface area contributed by atoms with Crippen molar-refractivity contribution >= 4 is 29.2 Å². The first-order chi connectivity index (χ1) is 11.0. The molecule has 2 aromatic rings. The highest BCUT2D eigenvalue weighted by molar-refractivity contribution is 6.29. The number of benzene rings is 1. The standard InChI is InChI=1S/C17H17ClN2O3/c1-11(2)13-5-3-4-6-14(13)20-16(21)10-23-17(22)12-7-8-15(18)19-9-12/h3-9,11H,10H2,1-2H3,(H,20,21). The number of amides is 1. The van der Waals surface area contributed by atoms with Crippen LogP contribution in [0.2, 0.25) is 5.15 Å². The lowest BCUT2D eigenvalue weighted by Crippen LogP contribution is -2.21. The van der Waals surface area contributed by atoms with Gasteiger partial charge in [0.05, 0.1) is 5.56 Å². The molecule has 0 fully saturated rings. The molecule has 1 amide bonds. The Morgan fingerprint density at radius 3 is 2.61 bits per heavy atom. The van der Waals surface area contributed by atoms with Gasteiger partial charge in [0.25, 0.3) is 5.91 Å². The fraction of sp³-hybridized carbons (Fsp3) is 0.235. The van der Waals surface area contributed by atoms with Gasteiger partial charge in [-0.3, -0.25) is 4.79 Å². The number of pyridine rings is 1. The highest BCUT2D eigenvalue weighted by Gasteiger charge is 2.13. The lowest BCUT2D eigenvalue weighted by Gasteiger charge is -2.13. The normalized spacial score (nSPS) is 10.4. The van der Waals surface area contributed by atoms with Gasteiger partial charge in [-0.2, -0.15) is 0 Å². The molecule has 5 nitrogen and oxygen atoms in total. The quantitative estimate of drug-likeness (QED) is 0.670. The second-order valence-corrected chi connectivity index (χ2v) is 5.62. The minimum Gasteiger partial charge on any atom is -0.452 e. The molecule has 0 unspecified atom stereocenters. The molecule has 0 spiro atoms. The molecule has 0 atom stereocenters. The van der Waals surface area contributed by atoms with Crippen molar-refractivity contribution in [2.75, 3.05) is 11.9 Å². The summed E-state index contributed by atoms with van der Waals surface area (Å²) < 4.78 is 4.97. The van der Waals surface area contributed by atoms with Crippen molar-refractivity contribution < 1.29 is 14.3 Å². The molecule has 1 aromatic heterocycles. The van der Waals surface area contributed by atoms with Crippen LogP contribution in [0.3, 0.4) is 0 Å². The fourth-order valence-corrected chi connectivity index (χ4v) is 2.12. The number of aromatic nitrogens is 1. The van der Waals surface area contributed by atoms with Gasteiger partial charge in [-0.15, -0.1) is 0 Å². The summed E-state index contributed by atoms with van der Waals surface area (Å²) in [7, 11) is 0. The third kappa shape index (κ3) is 4.79. The highest BCUT2D eigenvalue weighted by atomic mass is 35.5. The summed E-state index contributed by atoms with van der Waals surface area (Å²) in [6.07, 6.45) is 1.30. The van der Waals surface area contributed by atoms with E-state index >= 15 is 0 Å². The summed E-state index contributed by atoms with van der Waals surface area (Å²) >= 11 is 5.65. The van der Waals surface area contributed by atoms with E-state index in [9.17, 15) is 9.59 Å². The van der Waals surface area contributed by atoms with E-state index in [-0.39, 0.29) is 23.2 Å². The number of rotatable bonds is 5. The van der Waals surface area contributed by atoms with E-state index in [1.165, 1.54) is 18.3 Å². The third-order valence-corrected chi connectivity index (χ3v) is 3.38. The van der Waals surface area contributed by atoms with Crippen molar-refractivity contribution in [3.8, 4) is 0 Å². The second kappa shape index (κ2) is 7.74. The van der Waals surface area contributed by atoms with Gasteiger partial charge in [-0.25, -0.2) is 9.78 Å². The van der Waals surface area contributed by atoms with E-state index in [1.807, 2.05) is 38.1 Å². The number of carbonyl (C=O) groups excluding carboxylic acids is 2. The van der Waals surface area contributed by atoms with Crippen LogP contribution in [0.15, 0.2) is 42.6 Å². The number of hydrogen-bond donors (Lipinski definition) is 1. The topological polar surface area (TPSA) is 68.3 Å². The van der Waals surface area contributed by atoms with E-state index in [0.29, 0.717) is 0 Å². The van der Waals surface area contributed by atoms with Gasteiger partial charge < -0.3 is 10.1 Å². The Bertz CT molecular complexity index is 699. The zero-order valence-corrected chi connectivity index (χ0v) is 13.6. The summed E-state index contributed by atoms with van der Waals surface area (Å²) in [6.45, 7) is 3.71. The zero-order chi connectivity index (χ0) is 16.8. The zero-order valence-electron chi connectivity index (χ0n) is 12.9. The SMILES string of the molecule is CC(C)c1ccccc1NC(=O)COC(=O)c1ccc(Cl)nc1. The Balaban J connectivity index is 1.93. The molecular weight excluding hydrogens is 316 g/mol. The first-order valence-corrected chi connectivity index (χ1v) is 7.52. The smallest absolute Gasteiger partial charge is 0.340 e. The Morgan fingerprint density at radius 2 is 1.96 bits per heavy atom. The van der Waals surface area contributed by atoms with Gasteiger partial charge in [0, 0.05) is 11.9 Å². The predicted octanol–water partition coefficient (Wildman–Crippen LogP) is 3.65. The molecular formula is C17H17ClN2O3. The molecule has 0 saturated carbocycles. The van der Waals surface area contributed by atoms with Crippen LogP contribution < -0.4 is 5.32 Å². The van der Waals surface area contributed by atoms with Crippen LogP contribution in [0.25, 0.3) is 0 Å². The van der Waals surface area contributed by atoms with Gasteiger partial charge in [0.2, 0.25) is 0 Å². The van der Waals surface area contributed by atoms with Crippen LogP contribution >= 0.6 is 11.6 Å². The van der Waals surface area contributed by atoms with Crippen LogP contribution in [0, 0.1) is 0 Å². The first-order valence-electron chi connectivity index (χ1n) is 7.15. The van der Waals surface area contributed by atoms with Crippen molar-refractivity contribution in [3.05, 3.63) is 58.9 Å². The Labute approximate surface area is 139 Å². The Hall–Kier alpha value is -2.40. The molecule has 1 N–H and O–H groups in total. The third-order valence-electron chi connectivity index (χ3n) is 3.15. The van der Waals surface area contributed by atoms with Crippen molar-refractivity contribution in [3.63, 3.8) is 0 Å². The molecule has 23 heavy (non-hydrogen) atoms. The number of carbonyl (C=O) groups is 2. The number of para-hydroxylation sites is 1. The molecule has 0 aliphatic heterocycles. The molecule has 0 saturated heterocycles. The van der Waals surface area contributed by atoms with Crippen LogP contribution in [0.4, 0.5) is 5.69 Å². The average molecular weight is 333 g/mol. The van der Waals surface area contributed by atoms with Crippen LogP contribution in [0.1, 0.15) is 35.7 Å². The maximum absolute atomic E-state index is 12.0. The molecule has 2 rings (SSSR count). The van der Waals surface area contributed by atoms with E-state index in [4.69, 9.17) is 16.3 Å². The van der Waals surface area contributed by atoms with Gasteiger partial charge in [0.15, 0.2) is 6.61 Å². The van der Waals surface area contributed by atoms with E-state index < -0.39 is 11.9 Å². The lowest BCUT2D eigenvalue weighted by molar-refractivity contribution is -0.119. The highest BCUT2D eigenvalue weighted by Crippen LogP contribution is 2.23. The van der Waals surface area contributed by atoms with Crippen LogP contribution in [-0.4, -0.2) is 23.5 Å². The Kier molecular flexibility index (Phi) is 5.71. The summed E-state index contributed by atoms with van der Waals surface area (Å²) in [6, 6.07) is 10.5. The minimum absolute atomic E-state index is 0.241. The molecule has 0 aliphatic carbocycles. The maximum atomic E-state index is 12.0. The largest absolute Gasteiger partial charge is 0.452 e. The minimum atomic E-state index is -0.624. The van der Waals surface area contributed by atoms with Crippen molar-refractivity contribution in [2.24, 2.45) is 0 Å². The van der Waals surface area contributed by atoms with E-state index in [1.54, 1.807) is 0 Å². The molecule has 0 bridgehead atoms. The van der Waals surface area contributed by atoms with Crippen molar-refractivity contribution in [2.45, 2.75) is 19.8 Å². The van der Waals surface area contributed by atoms with Gasteiger partial charge in [-0.05, 0) is 29.7 Å². The average Bonchev–Trinajstić information content (AvgIpc) is 2.53. The Morgan fingerprint density at radius 1 is 1.22 bits per heavy atom. The summed E-state index contributed by atoms with van der Waals surface area (Å²) in [5.41, 5.74) is 1.98. The van der Waals surface area contributed by atoms with E-state index in [2.05, 4.69) is 10.3 Å². The summed E-state index contributed by atoms with van der Waals surface area (Å²) in [5, 5.41) is 3.04. The van der Waals surface area contributed by atoms with E-state index in [0.717, 1.165) is 11.3 Å². The van der Waals surface area contributed by atoms with Gasteiger partial charge in [-0.1, -0.05) is 43.6 Å². The van der Waals surface area contributed by atoms with Crippen molar-refractivity contribution in [1.82, 2.24) is 4.98 Å². The number of anilines is 1. The number of nitrogens with one attached hydrogen (secondary N) is 1.